The zero-order valence-electron chi connectivity index (χ0n) is 19.7. The number of benzene rings is 4. The van der Waals surface area contributed by atoms with Crippen LogP contribution in [0.2, 0.25) is 0 Å². The molecule has 4 aromatic rings. The first-order valence-electron chi connectivity index (χ1n) is 10.9. The minimum absolute atomic E-state index is 0. The van der Waals surface area contributed by atoms with Crippen molar-refractivity contribution < 1.29 is 30.2 Å². The summed E-state index contributed by atoms with van der Waals surface area (Å²) < 4.78 is 4.39. The van der Waals surface area contributed by atoms with Gasteiger partial charge in [0.2, 0.25) is 5.69 Å². The van der Waals surface area contributed by atoms with Crippen LogP contribution in [0.3, 0.4) is 0 Å². The Hall–Kier alpha value is -2.57. The zero-order valence-corrected chi connectivity index (χ0v) is 22.6. The second-order valence-electron chi connectivity index (χ2n) is 9.09. The van der Waals surface area contributed by atoms with Crippen molar-refractivity contribution in [3.63, 3.8) is 0 Å². The van der Waals surface area contributed by atoms with Crippen LogP contribution in [0.4, 0.5) is 11.4 Å². The fourth-order valence-corrected chi connectivity index (χ4v) is 5.26. The van der Waals surface area contributed by atoms with Gasteiger partial charge in [-0.1, -0.05) is 75.4 Å². The Morgan fingerprint density at radius 2 is 1.44 bits per heavy atom. The first-order chi connectivity index (χ1) is 14.9. The average molecular weight is 589 g/mol. The number of rotatable bonds is 3. The molecule has 1 aliphatic heterocycles. The van der Waals surface area contributed by atoms with Gasteiger partial charge < -0.3 is 4.58 Å². The van der Waals surface area contributed by atoms with E-state index in [9.17, 15) is 0 Å². The van der Waals surface area contributed by atoms with Crippen molar-refractivity contribution in [3.05, 3.63) is 83.4 Å². The van der Waals surface area contributed by atoms with Crippen molar-refractivity contribution in [1.82, 2.24) is 0 Å². The molecule has 0 saturated carbocycles. The molecule has 1 heterocycles. The van der Waals surface area contributed by atoms with Gasteiger partial charge in [-0.05, 0) is 33.4 Å². The van der Waals surface area contributed by atoms with E-state index in [0.717, 1.165) is 0 Å². The van der Waals surface area contributed by atoms with E-state index in [4.69, 9.17) is 0 Å². The van der Waals surface area contributed by atoms with Gasteiger partial charge in [0, 0.05) is 45.7 Å². The molecule has 4 aromatic carbocycles. The summed E-state index contributed by atoms with van der Waals surface area (Å²) in [6.07, 6.45) is 3.24. The third kappa shape index (κ3) is 3.11. The van der Waals surface area contributed by atoms with E-state index in [0.29, 0.717) is 0 Å². The summed E-state index contributed by atoms with van der Waals surface area (Å²) in [5.74, 6) is 0. The number of hydrogen-bond acceptors (Lipinski definition) is 0. The third-order valence-corrected chi connectivity index (χ3v) is 7.22. The maximum absolute atomic E-state index is 3.24. The van der Waals surface area contributed by atoms with Crippen LogP contribution in [-0.4, -0.2) is 35.2 Å². The molecule has 1 aliphatic rings. The molecule has 0 saturated heterocycles. The Morgan fingerprint density at radius 3 is 2.16 bits per heavy atom. The minimum Gasteiger partial charge on any atom is -0.366 e. The van der Waals surface area contributed by atoms with Gasteiger partial charge in [0.05, 0.1) is 16.6 Å². The molecule has 0 bridgehead atoms. The van der Waals surface area contributed by atoms with E-state index in [1.165, 1.54) is 55.3 Å². The third-order valence-electron chi connectivity index (χ3n) is 7.22. The number of fused-ring (bicyclic) bond motifs is 1. The van der Waals surface area contributed by atoms with Crippen molar-refractivity contribution in [3.8, 4) is 0 Å². The van der Waals surface area contributed by atoms with Gasteiger partial charge in [-0.15, -0.1) is 0 Å². The van der Waals surface area contributed by atoms with Crippen molar-refractivity contribution >= 4 is 44.8 Å². The monoisotopic (exact) mass is 589 g/mol. The van der Waals surface area contributed by atoms with Crippen LogP contribution in [-0.2, 0) is 26.5 Å². The van der Waals surface area contributed by atoms with E-state index in [1.54, 1.807) is 0 Å². The molecule has 0 unspecified atom stereocenters. The summed E-state index contributed by atoms with van der Waals surface area (Å²) in [6, 6.07) is 24.7. The van der Waals surface area contributed by atoms with Gasteiger partial charge in [-0.2, -0.15) is 4.58 Å². The van der Waals surface area contributed by atoms with Crippen LogP contribution < -0.4 is 0 Å². The van der Waals surface area contributed by atoms with E-state index in [1.807, 2.05) is 6.92 Å². The molecule has 0 atom stereocenters. The standard InChI is InChI=1S/C29H29N2.W/c1-7-30(5)26-17-15-24(21-11-8-9-12-22(21)26)29(3,4)25-16-18-27-28-20(19(2)31(27)6)13-10-14-23(25)28;/h8-18H,1-6H3;/q+1;. The van der Waals surface area contributed by atoms with Gasteiger partial charge >= 0.3 is 0 Å². The average Bonchev–Trinajstić information content (AvgIpc) is 3.04. The number of hydrogen-bond donors (Lipinski definition) is 0. The van der Waals surface area contributed by atoms with Gasteiger partial charge in [0.15, 0.2) is 5.71 Å². The van der Waals surface area contributed by atoms with E-state index in [-0.39, 0.29) is 26.5 Å². The van der Waals surface area contributed by atoms with Crippen LogP contribution in [0.1, 0.15) is 44.4 Å². The first kappa shape index (κ1) is 22.6. The van der Waals surface area contributed by atoms with Crippen LogP contribution in [0.5, 0.6) is 0 Å². The Bertz CT molecular complexity index is 1420. The Morgan fingerprint density at radius 1 is 0.812 bits per heavy atom. The first-order valence-corrected chi connectivity index (χ1v) is 10.9. The van der Waals surface area contributed by atoms with E-state index < -0.39 is 0 Å². The predicted octanol–water partition coefficient (Wildman–Crippen LogP) is 6.65. The molecule has 0 spiro atoms. The van der Waals surface area contributed by atoms with Crippen LogP contribution >= 0.6 is 0 Å². The molecule has 0 radical (unpaired) electrons. The van der Waals surface area contributed by atoms with Crippen molar-refractivity contribution in [2.75, 3.05) is 14.1 Å². The molecule has 32 heavy (non-hydrogen) atoms. The summed E-state index contributed by atoms with van der Waals surface area (Å²) >= 11 is 0. The quantitative estimate of drug-likeness (QED) is 0.143. The van der Waals surface area contributed by atoms with Gasteiger partial charge in [-0.3, -0.25) is 0 Å². The van der Waals surface area contributed by atoms with Crippen LogP contribution in [0.15, 0.2) is 66.7 Å². The van der Waals surface area contributed by atoms with Gasteiger partial charge in [0.1, 0.15) is 14.1 Å². The SMILES string of the molecule is C[C-]=[N+](C)c1ccc(C(C)(C)c2ccc3c4c(cccc24)C(C)=[N+]3C)c2ccccc12.[W]. The summed E-state index contributed by atoms with van der Waals surface area (Å²) in [7, 11) is 4.23. The van der Waals surface area contributed by atoms with Gasteiger partial charge in [0.25, 0.3) is 0 Å². The van der Waals surface area contributed by atoms with Crippen molar-refractivity contribution in [2.45, 2.75) is 33.1 Å². The number of nitrogens with zero attached hydrogens (tertiary/aromatic N) is 2. The normalized spacial score (nSPS) is 13.8. The Kier molecular flexibility index (Phi) is 5.71. The molecule has 0 aliphatic carbocycles. The van der Waals surface area contributed by atoms with Crippen LogP contribution in [0, 0.1) is 0 Å². The molecule has 0 fully saturated rings. The molecular formula is C29H29N2W+. The molecule has 0 aromatic heterocycles. The topological polar surface area (TPSA) is 6.02 Å². The zero-order chi connectivity index (χ0) is 21.9. The fourth-order valence-electron chi connectivity index (χ4n) is 5.26. The Labute approximate surface area is 205 Å². The van der Waals surface area contributed by atoms with Crippen molar-refractivity contribution in [2.24, 2.45) is 0 Å². The maximum Gasteiger partial charge on any atom is 0.213 e. The van der Waals surface area contributed by atoms with E-state index >= 15 is 0 Å². The molecule has 0 N–H and O–H groups in total. The summed E-state index contributed by atoms with van der Waals surface area (Å²) in [5, 5.41) is 5.29. The smallest absolute Gasteiger partial charge is 0.213 e. The second-order valence-corrected chi connectivity index (χ2v) is 9.09. The fraction of sp³-hybridized carbons (Fsp3) is 0.241. The molecular weight excluding hydrogens is 560 g/mol. The van der Waals surface area contributed by atoms with Crippen molar-refractivity contribution in [1.29, 1.82) is 0 Å². The molecule has 0 amide bonds. The molecule has 160 valence electrons. The predicted molar refractivity (Wildman–Crippen MR) is 132 cm³/mol. The molecule has 2 nitrogen and oxygen atoms in total. The van der Waals surface area contributed by atoms with Crippen LogP contribution in [0.25, 0.3) is 21.5 Å². The maximum atomic E-state index is 3.24. The minimum atomic E-state index is -0.150. The summed E-state index contributed by atoms with van der Waals surface area (Å²) in [5.41, 5.74) is 7.73. The summed E-state index contributed by atoms with van der Waals surface area (Å²) in [6.45, 7) is 8.88. The second kappa shape index (κ2) is 8.09. The summed E-state index contributed by atoms with van der Waals surface area (Å²) in [4.78, 5) is 0. The molecule has 5 rings (SSSR count). The molecule has 3 heteroatoms. The van der Waals surface area contributed by atoms with E-state index in [2.05, 4.69) is 117 Å². The Balaban J connectivity index is 0.00000245. The largest absolute Gasteiger partial charge is 0.366 e. The van der Waals surface area contributed by atoms with Gasteiger partial charge in [-0.25, -0.2) is 0 Å².